The molecule has 22 aromatic carbocycles. The molecule has 0 saturated carbocycles. The first-order valence-electron chi connectivity index (χ1n) is 48.1. The van der Waals surface area contributed by atoms with E-state index in [4.69, 9.17) is 0 Å². The van der Waals surface area contributed by atoms with Crippen LogP contribution >= 0.6 is 59.1 Å². The summed E-state index contributed by atoms with van der Waals surface area (Å²) < 4.78 is 13.3. The zero-order valence-electron chi connectivity index (χ0n) is 76.2. The monoisotopic (exact) mass is 2000 g/mol. The van der Waals surface area contributed by atoms with Gasteiger partial charge in [0.15, 0.2) is 0 Å². The molecule has 141 heavy (non-hydrogen) atoms. The van der Waals surface area contributed by atoms with E-state index >= 15 is 0 Å². The standard InChI is InChI=1S/2C49H30BrN.C36H22BrNS/c50-46-22-9-4-14-35(46)33-13-11-12-31(28-33)32-24-27-48-41(29-32)40-18-5-10-23-47(40)51(48)34-25-26-39-38-17-3-8-21-44(38)49(45(39)30-34)42-19-6-1-15-36(42)37-16-2-7-20-43(37)49;50-46-22-9-4-14-35(46)33-13-11-12-31(28-33)32-24-27-48-41(29-32)39-18-5-10-23-47(39)51(48)34-25-26-45-40(30-34)38-17-3-8-21-44(38)49(45)42-19-6-1-15-36(42)37-16-2-7-20-43(37)49;37-32-13-4-1-10-27(32)25-9-7-8-23(20-25)24-16-19-34-31(21-24)28-11-2-5-14-33(28)38(34)26-17-18-30-29-12-3-6-15-35(29)39-36(30)22-26/h2*1-30H;1-22H. The molecule has 2 spiro atoms. The number of nitrogens with zero attached hydrogens (tertiary/aromatic N) is 3. The lowest BCUT2D eigenvalue weighted by molar-refractivity contribution is 0.792. The smallest absolute Gasteiger partial charge is 0.0726 e. The first-order valence-corrected chi connectivity index (χ1v) is 51.3. The fraction of sp³-hybridized carbons (Fsp3) is 0.0149. The van der Waals surface area contributed by atoms with Gasteiger partial charge in [0.1, 0.15) is 0 Å². The maximum atomic E-state index is 3.76. The van der Waals surface area contributed by atoms with Crippen molar-refractivity contribution in [3.05, 3.63) is 555 Å². The molecule has 3 nitrogen and oxygen atoms in total. The molecule has 0 aliphatic heterocycles. The summed E-state index contributed by atoms with van der Waals surface area (Å²) >= 11 is 13.1. The fourth-order valence-electron chi connectivity index (χ4n) is 24.3. The van der Waals surface area contributed by atoms with Crippen LogP contribution in [0.2, 0.25) is 0 Å². The van der Waals surface area contributed by atoms with Crippen molar-refractivity contribution in [1.82, 2.24) is 13.7 Å². The Kier molecular flexibility index (Phi) is 19.5. The van der Waals surface area contributed by atoms with Gasteiger partial charge in [0.25, 0.3) is 0 Å². The Balaban J connectivity index is 0.000000105. The van der Waals surface area contributed by atoms with E-state index in [1.54, 1.807) is 0 Å². The Morgan fingerprint density at radius 1 is 0.149 bits per heavy atom. The van der Waals surface area contributed by atoms with Crippen LogP contribution in [-0.4, -0.2) is 13.7 Å². The van der Waals surface area contributed by atoms with E-state index < -0.39 is 0 Å². The van der Waals surface area contributed by atoms with Gasteiger partial charge >= 0.3 is 0 Å². The van der Waals surface area contributed by atoms with Crippen LogP contribution < -0.4 is 0 Å². The molecule has 7 heteroatoms. The number of aromatic nitrogens is 3. The normalized spacial score (nSPS) is 12.9. The molecule has 0 saturated heterocycles. The molecule has 0 radical (unpaired) electrons. The van der Waals surface area contributed by atoms with Crippen LogP contribution in [0, 0.1) is 0 Å². The maximum Gasteiger partial charge on any atom is 0.0726 e. The Morgan fingerprint density at radius 2 is 0.418 bits per heavy atom. The molecule has 0 bridgehead atoms. The molecular weight excluding hydrogens is 1920 g/mol. The summed E-state index contributed by atoms with van der Waals surface area (Å²) in [5, 5.41) is 10.2. The third-order valence-electron chi connectivity index (χ3n) is 30.3. The molecule has 660 valence electrons. The number of rotatable bonds is 9. The Morgan fingerprint density at radius 3 is 0.816 bits per heavy atom. The fourth-order valence-corrected chi connectivity index (χ4v) is 27.0. The van der Waals surface area contributed by atoms with Crippen molar-refractivity contribution >= 4 is 145 Å². The minimum Gasteiger partial charge on any atom is -0.309 e. The molecule has 26 aromatic rings. The van der Waals surface area contributed by atoms with Crippen LogP contribution in [-0.2, 0) is 10.8 Å². The van der Waals surface area contributed by atoms with Crippen LogP contribution in [0.4, 0.5) is 0 Å². The van der Waals surface area contributed by atoms with Crippen molar-refractivity contribution in [2.75, 3.05) is 0 Å². The van der Waals surface area contributed by atoms with Crippen LogP contribution in [0.25, 0.3) is 214 Å². The van der Waals surface area contributed by atoms with Gasteiger partial charge in [0, 0.05) is 83.0 Å². The van der Waals surface area contributed by atoms with E-state index in [9.17, 15) is 0 Å². The third-order valence-corrected chi connectivity index (χ3v) is 33.5. The van der Waals surface area contributed by atoms with Gasteiger partial charge in [-0.05, 0) is 289 Å². The molecule has 4 aliphatic rings. The third kappa shape index (κ3) is 12.8. The highest BCUT2D eigenvalue weighted by Crippen LogP contribution is 2.66. The summed E-state index contributed by atoms with van der Waals surface area (Å²) in [6.45, 7) is 0. The summed E-state index contributed by atoms with van der Waals surface area (Å²) in [7, 11) is 0. The zero-order chi connectivity index (χ0) is 93.3. The lowest BCUT2D eigenvalue weighted by atomic mass is 9.70. The summed E-state index contributed by atoms with van der Waals surface area (Å²) in [5.74, 6) is 0. The second-order valence-electron chi connectivity index (χ2n) is 37.4. The lowest BCUT2D eigenvalue weighted by Crippen LogP contribution is -2.26. The van der Waals surface area contributed by atoms with Gasteiger partial charge in [-0.3, -0.25) is 0 Å². The van der Waals surface area contributed by atoms with Gasteiger partial charge in [-0.1, -0.05) is 412 Å². The minimum absolute atomic E-state index is 0.336. The predicted octanol–water partition coefficient (Wildman–Crippen LogP) is 37.7. The van der Waals surface area contributed by atoms with Gasteiger partial charge < -0.3 is 13.7 Å². The van der Waals surface area contributed by atoms with E-state index in [2.05, 4.69) is 559 Å². The number of halogens is 3. The quantitative estimate of drug-likeness (QED) is 0.137. The van der Waals surface area contributed by atoms with Crippen LogP contribution in [0.3, 0.4) is 0 Å². The highest BCUT2D eigenvalue weighted by atomic mass is 79.9. The molecule has 0 N–H and O–H groups in total. The second-order valence-corrected chi connectivity index (χ2v) is 41.1. The molecule has 4 heterocycles. The lowest BCUT2D eigenvalue weighted by Gasteiger charge is -2.30. The van der Waals surface area contributed by atoms with E-state index in [1.807, 2.05) is 11.3 Å². The van der Waals surface area contributed by atoms with Crippen molar-refractivity contribution in [3.63, 3.8) is 0 Å². The van der Waals surface area contributed by atoms with E-state index in [1.165, 1.54) is 258 Å². The summed E-state index contributed by atoms with van der Waals surface area (Å²) in [6.07, 6.45) is 0. The van der Waals surface area contributed by atoms with Crippen molar-refractivity contribution in [2.24, 2.45) is 0 Å². The predicted molar refractivity (Wildman–Crippen MR) is 604 cm³/mol. The molecule has 0 fully saturated rings. The molecule has 0 unspecified atom stereocenters. The van der Waals surface area contributed by atoms with Gasteiger partial charge in [-0.25, -0.2) is 0 Å². The van der Waals surface area contributed by atoms with Crippen molar-refractivity contribution in [1.29, 1.82) is 0 Å². The highest BCUT2D eigenvalue weighted by Gasteiger charge is 2.53. The van der Waals surface area contributed by atoms with E-state index in [0.717, 1.165) is 13.4 Å². The first kappa shape index (κ1) is 83.1. The number of benzene rings is 22. The Bertz CT molecular complexity index is 9630. The van der Waals surface area contributed by atoms with Crippen molar-refractivity contribution in [2.45, 2.75) is 10.8 Å². The number of para-hydroxylation sites is 3. The maximum absolute atomic E-state index is 3.76. The summed E-state index contributed by atoms with van der Waals surface area (Å²) in [5.41, 5.74) is 46.1. The minimum atomic E-state index is -0.375. The molecule has 4 aliphatic carbocycles. The average Bonchev–Trinajstić information content (AvgIpc) is 1.51. The Hall–Kier alpha value is -16.1. The SMILES string of the molecule is Brc1ccccc1-c1cccc(-c2ccc3c(c2)c2ccccc2n3-c2ccc3c(c2)-c2ccccc2C32c3ccccc3-c3ccccc32)c1.Brc1ccccc1-c1cccc(-c2ccc3c(c2)c2ccccc2n3-c2ccc3c(c2)C2(c4ccccc4-c4ccccc42)c2ccccc2-3)c1.Brc1ccccc1-c1cccc(-c2ccc3c(c2)c2ccccc2n3-c2ccc3c(c2)sc2ccccc23)c1. The molecular formula is C134H82Br3N3S. The molecule has 0 amide bonds. The number of fused-ring (bicyclic) bond motifs is 32. The molecule has 30 rings (SSSR count). The molecule has 4 aromatic heterocycles. The largest absolute Gasteiger partial charge is 0.309 e. The Labute approximate surface area is 845 Å². The van der Waals surface area contributed by atoms with Gasteiger partial charge in [-0.15, -0.1) is 11.3 Å². The number of hydrogen-bond acceptors (Lipinski definition) is 1. The number of hydrogen-bond donors (Lipinski definition) is 0. The van der Waals surface area contributed by atoms with Crippen molar-refractivity contribution < 1.29 is 0 Å². The molecule has 0 atom stereocenters. The van der Waals surface area contributed by atoms with Crippen LogP contribution in [0.1, 0.15) is 44.5 Å². The van der Waals surface area contributed by atoms with E-state index in [0.29, 0.717) is 0 Å². The van der Waals surface area contributed by atoms with Gasteiger partial charge in [-0.2, -0.15) is 0 Å². The van der Waals surface area contributed by atoms with E-state index in [-0.39, 0.29) is 10.8 Å². The number of thiophene rings is 1. The summed E-state index contributed by atoms with van der Waals surface area (Å²) in [4.78, 5) is 0. The van der Waals surface area contributed by atoms with Gasteiger partial charge in [0.2, 0.25) is 0 Å². The van der Waals surface area contributed by atoms with Crippen LogP contribution in [0.15, 0.2) is 511 Å². The van der Waals surface area contributed by atoms with Crippen molar-refractivity contribution in [3.8, 4) is 128 Å². The van der Waals surface area contributed by atoms with Crippen LogP contribution in [0.5, 0.6) is 0 Å². The first-order chi connectivity index (χ1) is 69.7. The summed E-state index contributed by atoms with van der Waals surface area (Å²) in [6, 6.07) is 183. The highest BCUT2D eigenvalue weighted by molar-refractivity contribution is 9.11. The zero-order valence-corrected chi connectivity index (χ0v) is 81.8. The average molecular weight is 2010 g/mol. The second kappa shape index (κ2) is 33.1. The topological polar surface area (TPSA) is 14.8 Å². The van der Waals surface area contributed by atoms with Gasteiger partial charge in [0.05, 0.1) is 43.9 Å².